The summed E-state index contributed by atoms with van der Waals surface area (Å²) in [6, 6.07) is 104. The molecular weight excluding hydrogens is 905 g/mol. The molecule has 14 aromatic rings. The van der Waals surface area contributed by atoms with Gasteiger partial charge in [0.1, 0.15) is 0 Å². The average Bonchev–Trinajstić information content (AvgIpc) is 4.23. The maximum atomic E-state index is 2.41. The average molecular weight is 951 g/mol. The molecule has 2 aliphatic rings. The van der Waals surface area contributed by atoms with Crippen LogP contribution < -0.4 is 0 Å². The molecule has 75 heavy (non-hydrogen) atoms. The van der Waals surface area contributed by atoms with Crippen molar-refractivity contribution in [3.63, 3.8) is 0 Å². The van der Waals surface area contributed by atoms with Gasteiger partial charge in [0.25, 0.3) is 0 Å². The van der Waals surface area contributed by atoms with Gasteiger partial charge in [-0.3, -0.25) is 0 Å². The van der Waals surface area contributed by atoms with E-state index in [4.69, 9.17) is 0 Å². The standard InChI is InChI=1S/C73H46N2/c1-7-35-63-61(31-1)71-55(51-23-13-19-47(43-51)49-21-15-25-53(45-49)74-67-39-9-3-27-57(67)58-28-4-10-40-68(58)74)33-17-37-65(71)73(63)64-36-8-2-32-62(64)72-56(34-18-38-66(72)73)52-24-14-20-48(44-52)50-22-16-26-54(46-50)75-69-41-11-5-29-59(69)60-30-6-12-42-70(60)75/h1-46H. The smallest absolute Gasteiger partial charge is 0.0725 e. The Labute approximate surface area is 435 Å². The SMILES string of the molecule is c1cc(-c2cccc(-n3c4ccccc4c4ccccc43)c2)cc(-c2cccc3c2-c2ccccc2C32c3ccccc3-c3c(-c4cccc(-c5cccc(-n6c7ccccc7c7ccccc76)c5)c4)cccc32)c1. The molecule has 2 aromatic heterocycles. The topological polar surface area (TPSA) is 9.86 Å². The van der Waals surface area contributed by atoms with Crippen LogP contribution in [0.3, 0.4) is 0 Å². The lowest BCUT2D eigenvalue weighted by Crippen LogP contribution is -2.25. The predicted molar refractivity (Wildman–Crippen MR) is 313 cm³/mol. The van der Waals surface area contributed by atoms with Crippen molar-refractivity contribution >= 4 is 43.6 Å². The molecule has 0 saturated carbocycles. The first-order chi connectivity index (χ1) is 37.2. The van der Waals surface area contributed by atoms with Crippen molar-refractivity contribution < 1.29 is 0 Å². The highest BCUT2D eigenvalue weighted by Crippen LogP contribution is 2.65. The molecule has 2 nitrogen and oxygen atoms in total. The van der Waals surface area contributed by atoms with E-state index < -0.39 is 5.41 Å². The molecule has 16 rings (SSSR count). The Bertz CT molecular complexity index is 4270. The number of aromatic nitrogens is 2. The lowest BCUT2D eigenvalue weighted by Gasteiger charge is -2.30. The monoisotopic (exact) mass is 950 g/mol. The Morgan fingerprint density at radius 2 is 0.507 bits per heavy atom. The molecule has 0 bridgehead atoms. The van der Waals surface area contributed by atoms with Crippen molar-refractivity contribution in [3.05, 3.63) is 301 Å². The van der Waals surface area contributed by atoms with E-state index in [0.29, 0.717) is 0 Å². The van der Waals surface area contributed by atoms with Gasteiger partial charge in [-0.1, -0.05) is 218 Å². The van der Waals surface area contributed by atoms with Gasteiger partial charge in [-0.05, 0) is 150 Å². The summed E-state index contributed by atoms with van der Waals surface area (Å²) in [6.07, 6.45) is 0. The number of para-hydroxylation sites is 4. The van der Waals surface area contributed by atoms with Gasteiger partial charge in [-0.2, -0.15) is 0 Å². The predicted octanol–water partition coefficient (Wildman–Crippen LogP) is 18.9. The Kier molecular flexibility index (Phi) is 8.99. The number of fused-ring (bicyclic) bond motifs is 16. The van der Waals surface area contributed by atoms with Gasteiger partial charge in [0.2, 0.25) is 0 Å². The highest BCUT2D eigenvalue weighted by atomic mass is 15.0. The van der Waals surface area contributed by atoms with Crippen LogP contribution in [-0.2, 0) is 5.41 Å². The largest absolute Gasteiger partial charge is 0.309 e. The fraction of sp³-hybridized carbons (Fsp3) is 0.0137. The maximum absolute atomic E-state index is 2.41. The Morgan fingerprint density at radius 3 is 0.920 bits per heavy atom. The lowest BCUT2D eigenvalue weighted by atomic mass is 9.70. The third-order valence-corrected chi connectivity index (χ3v) is 16.5. The van der Waals surface area contributed by atoms with E-state index in [9.17, 15) is 0 Å². The summed E-state index contributed by atoms with van der Waals surface area (Å²) in [6.45, 7) is 0. The van der Waals surface area contributed by atoms with Gasteiger partial charge < -0.3 is 9.13 Å². The number of hydrogen-bond acceptors (Lipinski definition) is 0. The fourth-order valence-corrected chi connectivity index (χ4v) is 13.5. The molecule has 0 N–H and O–H groups in total. The molecule has 0 fully saturated rings. The minimum Gasteiger partial charge on any atom is -0.309 e. The normalized spacial score (nSPS) is 12.9. The third-order valence-electron chi connectivity index (χ3n) is 16.5. The molecule has 12 aromatic carbocycles. The zero-order valence-corrected chi connectivity index (χ0v) is 41.0. The van der Waals surface area contributed by atoms with Crippen LogP contribution in [-0.4, -0.2) is 9.13 Å². The third kappa shape index (κ3) is 5.97. The van der Waals surface area contributed by atoms with Gasteiger partial charge >= 0.3 is 0 Å². The second-order valence-electron chi connectivity index (χ2n) is 20.3. The quantitative estimate of drug-likeness (QED) is 0.157. The molecule has 0 radical (unpaired) electrons. The first-order valence-electron chi connectivity index (χ1n) is 26.1. The summed E-state index contributed by atoms with van der Waals surface area (Å²) in [5, 5.41) is 5.07. The van der Waals surface area contributed by atoms with Crippen LogP contribution in [0.15, 0.2) is 279 Å². The molecule has 0 amide bonds. The van der Waals surface area contributed by atoms with E-state index in [1.807, 2.05) is 0 Å². The van der Waals surface area contributed by atoms with Crippen LogP contribution in [0.5, 0.6) is 0 Å². The molecular formula is C73H46N2. The Hall–Kier alpha value is -9.76. The first-order valence-corrected chi connectivity index (χ1v) is 26.1. The maximum Gasteiger partial charge on any atom is 0.0725 e. The molecule has 348 valence electrons. The van der Waals surface area contributed by atoms with Crippen LogP contribution in [0.2, 0.25) is 0 Å². The van der Waals surface area contributed by atoms with E-state index in [0.717, 1.165) is 11.4 Å². The minimum atomic E-state index is -0.508. The van der Waals surface area contributed by atoms with E-state index in [2.05, 4.69) is 288 Å². The van der Waals surface area contributed by atoms with Crippen molar-refractivity contribution in [3.8, 4) is 78.1 Å². The van der Waals surface area contributed by atoms with Gasteiger partial charge in [0.15, 0.2) is 0 Å². The molecule has 0 atom stereocenters. The first kappa shape index (κ1) is 41.8. The fourth-order valence-electron chi connectivity index (χ4n) is 13.5. The van der Waals surface area contributed by atoms with Crippen LogP contribution in [0.25, 0.3) is 122 Å². The summed E-state index contributed by atoms with van der Waals surface area (Å²) in [4.78, 5) is 0. The van der Waals surface area contributed by atoms with Crippen LogP contribution in [0, 0.1) is 0 Å². The van der Waals surface area contributed by atoms with Crippen molar-refractivity contribution in [2.45, 2.75) is 5.41 Å². The Balaban J connectivity index is 0.826. The van der Waals surface area contributed by atoms with Gasteiger partial charge in [0, 0.05) is 32.9 Å². The van der Waals surface area contributed by atoms with E-state index in [1.165, 1.54) is 133 Å². The minimum absolute atomic E-state index is 0.508. The summed E-state index contributed by atoms with van der Waals surface area (Å²) >= 11 is 0. The van der Waals surface area contributed by atoms with Crippen LogP contribution in [0.4, 0.5) is 0 Å². The highest BCUT2D eigenvalue weighted by Gasteiger charge is 2.52. The van der Waals surface area contributed by atoms with Crippen molar-refractivity contribution in [2.24, 2.45) is 0 Å². The molecule has 0 unspecified atom stereocenters. The van der Waals surface area contributed by atoms with Crippen LogP contribution in [0.1, 0.15) is 22.3 Å². The zero-order chi connectivity index (χ0) is 49.2. The van der Waals surface area contributed by atoms with Crippen molar-refractivity contribution in [1.82, 2.24) is 9.13 Å². The molecule has 2 heterocycles. The summed E-state index contributed by atoms with van der Waals surface area (Å²) in [5.74, 6) is 0. The van der Waals surface area contributed by atoms with Crippen LogP contribution >= 0.6 is 0 Å². The molecule has 2 aliphatic carbocycles. The number of rotatable bonds is 6. The second kappa shape index (κ2) is 16.1. The summed E-state index contributed by atoms with van der Waals surface area (Å²) in [5.41, 5.74) is 26.8. The second-order valence-corrected chi connectivity index (χ2v) is 20.3. The molecule has 1 spiro atoms. The van der Waals surface area contributed by atoms with Gasteiger partial charge in [0.05, 0.1) is 27.5 Å². The zero-order valence-electron chi connectivity index (χ0n) is 41.0. The molecule has 0 saturated heterocycles. The lowest BCUT2D eigenvalue weighted by molar-refractivity contribution is 0.794. The van der Waals surface area contributed by atoms with Crippen molar-refractivity contribution in [2.75, 3.05) is 0 Å². The van der Waals surface area contributed by atoms with E-state index in [1.54, 1.807) is 0 Å². The van der Waals surface area contributed by atoms with E-state index >= 15 is 0 Å². The molecule has 2 heteroatoms. The van der Waals surface area contributed by atoms with E-state index in [-0.39, 0.29) is 0 Å². The van der Waals surface area contributed by atoms with Crippen molar-refractivity contribution in [1.29, 1.82) is 0 Å². The number of nitrogens with zero attached hydrogens (tertiary/aromatic N) is 2. The number of hydrogen-bond donors (Lipinski definition) is 0. The summed E-state index contributed by atoms with van der Waals surface area (Å²) < 4.78 is 4.81. The van der Waals surface area contributed by atoms with Gasteiger partial charge in [-0.15, -0.1) is 0 Å². The van der Waals surface area contributed by atoms with Gasteiger partial charge in [-0.25, -0.2) is 0 Å². The highest BCUT2D eigenvalue weighted by molar-refractivity contribution is 6.11. The Morgan fingerprint density at radius 1 is 0.213 bits per heavy atom. The number of benzene rings is 12. The summed E-state index contributed by atoms with van der Waals surface area (Å²) in [7, 11) is 0. The molecule has 0 aliphatic heterocycles.